The molecule has 0 heterocycles. The van der Waals surface area contributed by atoms with E-state index in [0.29, 0.717) is 0 Å². The molecule has 0 saturated carbocycles. The molecule has 0 aliphatic rings. The summed E-state index contributed by atoms with van der Waals surface area (Å²) >= 11 is 0. The van der Waals surface area contributed by atoms with Gasteiger partial charge in [-0.2, -0.15) is 0 Å². The average molecular weight is 124 g/mol. The van der Waals surface area contributed by atoms with E-state index < -0.39 is 0 Å². The lowest BCUT2D eigenvalue weighted by atomic mass is 10.4. The minimum Gasteiger partial charge on any atom is -0.497 e. The van der Waals surface area contributed by atoms with Crippen LogP contribution in [0.15, 0.2) is 36.6 Å². The van der Waals surface area contributed by atoms with Crippen molar-refractivity contribution < 1.29 is 4.74 Å². The predicted octanol–water partition coefficient (Wildman–Crippen LogP) is 2.28. The zero-order valence-corrected chi connectivity index (χ0v) is 5.92. The van der Waals surface area contributed by atoms with Gasteiger partial charge in [0.1, 0.15) is 5.76 Å². The number of hydrogen-bond acceptors (Lipinski definition) is 1. The lowest BCUT2D eigenvalue weighted by molar-refractivity contribution is 0.306. The van der Waals surface area contributed by atoms with Crippen LogP contribution in [0.1, 0.15) is 6.92 Å². The summed E-state index contributed by atoms with van der Waals surface area (Å²) in [7, 11) is 1.64. The van der Waals surface area contributed by atoms with E-state index in [-0.39, 0.29) is 0 Å². The van der Waals surface area contributed by atoms with Gasteiger partial charge in [-0.3, -0.25) is 0 Å². The molecule has 0 aromatic carbocycles. The Kier molecular flexibility index (Phi) is 4.60. The molecule has 0 rings (SSSR count). The maximum absolute atomic E-state index is 4.93. The van der Waals surface area contributed by atoms with Crippen LogP contribution in [-0.2, 0) is 4.74 Å². The van der Waals surface area contributed by atoms with Gasteiger partial charge in [0.25, 0.3) is 0 Å². The summed E-state index contributed by atoms with van der Waals surface area (Å²) in [6.07, 6.45) is 7.29. The van der Waals surface area contributed by atoms with Crippen LogP contribution in [0.25, 0.3) is 0 Å². The van der Waals surface area contributed by atoms with Crippen LogP contribution in [0.4, 0.5) is 0 Å². The smallest absolute Gasteiger partial charge is 0.114 e. The first-order valence-corrected chi connectivity index (χ1v) is 2.84. The van der Waals surface area contributed by atoms with E-state index in [1.165, 1.54) is 0 Å². The largest absolute Gasteiger partial charge is 0.497 e. The van der Waals surface area contributed by atoms with Crippen LogP contribution < -0.4 is 0 Å². The standard InChI is InChI=1S/C8H12O/c1-4-6-7-8(5-2)9-3/h4-7H,1H2,2-3H3/b7-6+,8-5+. The van der Waals surface area contributed by atoms with E-state index in [2.05, 4.69) is 6.58 Å². The van der Waals surface area contributed by atoms with E-state index >= 15 is 0 Å². The first kappa shape index (κ1) is 8.02. The van der Waals surface area contributed by atoms with Crippen molar-refractivity contribution in [2.75, 3.05) is 7.11 Å². The van der Waals surface area contributed by atoms with Crippen LogP contribution in [0.2, 0.25) is 0 Å². The lowest BCUT2D eigenvalue weighted by Gasteiger charge is -1.95. The van der Waals surface area contributed by atoms with Gasteiger partial charge >= 0.3 is 0 Å². The Morgan fingerprint density at radius 1 is 1.56 bits per heavy atom. The second-order valence-electron chi connectivity index (χ2n) is 1.49. The van der Waals surface area contributed by atoms with Crippen molar-refractivity contribution in [3.63, 3.8) is 0 Å². The number of hydrogen-bond donors (Lipinski definition) is 0. The Bertz CT molecular complexity index is 132. The zero-order valence-electron chi connectivity index (χ0n) is 5.92. The van der Waals surface area contributed by atoms with Gasteiger partial charge in [0.15, 0.2) is 0 Å². The van der Waals surface area contributed by atoms with Gasteiger partial charge in [-0.25, -0.2) is 0 Å². The van der Waals surface area contributed by atoms with Crippen LogP contribution >= 0.6 is 0 Å². The first-order valence-electron chi connectivity index (χ1n) is 2.84. The highest BCUT2D eigenvalue weighted by Crippen LogP contribution is 1.95. The Morgan fingerprint density at radius 2 is 2.22 bits per heavy atom. The third kappa shape index (κ3) is 3.59. The molecule has 0 bridgehead atoms. The second kappa shape index (κ2) is 5.16. The summed E-state index contributed by atoms with van der Waals surface area (Å²) in [5.41, 5.74) is 0. The van der Waals surface area contributed by atoms with Gasteiger partial charge in [-0.15, -0.1) is 0 Å². The van der Waals surface area contributed by atoms with Crippen LogP contribution in [-0.4, -0.2) is 7.11 Å². The van der Waals surface area contributed by atoms with Crippen molar-refractivity contribution in [2.45, 2.75) is 6.92 Å². The summed E-state index contributed by atoms with van der Waals surface area (Å²) in [6, 6.07) is 0. The van der Waals surface area contributed by atoms with E-state index in [1.54, 1.807) is 13.2 Å². The number of rotatable bonds is 3. The first-order chi connectivity index (χ1) is 4.35. The number of methoxy groups -OCH3 is 1. The third-order valence-electron chi connectivity index (χ3n) is 0.917. The lowest BCUT2D eigenvalue weighted by Crippen LogP contribution is -1.77. The van der Waals surface area contributed by atoms with Crippen molar-refractivity contribution in [3.05, 3.63) is 36.6 Å². The van der Waals surface area contributed by atoms with Crippen molar-refractivity contribution >= 4 is 0 Å². The Balaban J connectivity index is 3.84. The molecule has 0 amide bonds. The molecule has 0 radical (unpaired) electrons. The fourth-order valence-corrected chi connectivity index (χ4v) is 0.445. The van der Waals surface area contributed by atoms with Gasteiger partial charge < -0.3 is 4.74 Å². The fraction of sp³-hybridized carbons (Fsp3) is 0.250. The van der Waals surface area contributed by atoms with Crippen LogP contribution in [0, 0.1) is 0 Å². The number of ether oxygens (including phenoxy) is 1. The summed E-state index contributed by atoms with van der Waals surface area (Å²) in [5, 5.41) is 0. The minimum absolute atomic E-state index is 0.856. The highest BCUT2D eigenvalue weighted by atomic mass is 16.5. The molecule has 0 aromatic rings. The molecule has 0 aromatic heterocycles. The molecule has 0 N–H and O–H groups in total. The summed E-state index contributed by atoms with van der Waals surface area (Å²) < 4.78 is 4.93. The Labute approximate surface area is 56.3 Å². The Morgan fingerprint density at radius 3 is 2.56 bits per heavy atom. The highest BCUT2D eigenvalue weighted by molar-refractivity contribution is 5.14. The monoisotopic (exact) mass is 124 g/mol. The van der Waals surface area contributed by atoms with Crippen LogP contribution in [0.3, 0.4) is 0 Å². The summed E-state index contributed by atoms with van der Waals surface area (Å²) in [6.45, 7) is 5.45. The molecule has 9 heavy (non-hydrogen) atoms. The molecule has 0 aliphatic carbocycles. The second-order valence-corrected chi connectivity index (χ2v) is 1.49. The van der Waals surface area contributed by atoms with Gasteiger partial charge in [0.05, 0.1) is 7.11 Å². The van der Waals surface area contributed by atoms with E-state index in [9.17, 15) is 0 Å². The van der Waals surface area contributed by atoms with Gasteiger partial charge in [0.2, 0.25) is 0 Å². The summed E-state index contributed by atoms with van der Waals surface area (Å²) in [4.78, 5) is 0. The molecular formula is C8H12O. The zero-order chi connectivity index (χ0) is 7.11. The fourth-order valence-electron chi connectivity index (χ4n) is 0.445. The van der Waals surface area contributed by atoms with Crippen molar-refractivity contribution in [1.29, 1.82) is 0 Å². The molecule has 0 saturated heterocycles. The summed E-state index contributed by atoms with van der Waals surface area (Å²) in [5.74, 6) is 0.856. The highest BCUT2D eigenvalue weighted by Gasteiger charge is 1.80. The molecule has 1 heteroatoms. The van der Waals surface area contributed by atoms with Crippen LogP contribution in [0.5, 0.6) is 0 Å². The Hall–Kier alpha value is -0.980. The van der Waals surface area contributed by atoms with E-state index in [1.807, 2.05) is 25.2 Å². The SMILES string of the molecule is C=C/C=C/C(=C\C)OC. The topological polar surface area (TPSA) is 9.23 Å². The molecule has 0 spiro atoms. The third-order valence-corrected chi connectivity index (χ3v) is 0.917. The molecule has 0 unspecified atom stereocenters. The van der Waals surface area contributed by atoms with E-state index in [0.717, 1.165) is 5.76 Å². The molecule has 1 nitrogen and oxygen atoms in total. The van der Waals surface area contributed by atoms with Crippen molar-refractivity contribution in [3.8, 4) is 0 Å². The molecule has 50 valence electrons. The average Bonchev–Trinajstić information content (AvgIpc) is 1.91. The van der Waals surface area contributed by atoms with Gasteiger partial charge in [0, 0.05) is 0 Å². The number of allylic oxidation sites excluding steroid dienone is 4. The normalized spacial score (nSPS) is 12.0. The van der Waals surface area contributed by atoms with Gasteiger partial charge in [-0.1, -0.05) is 18.7 Å². The van der Waals surface area contributed by atoms with Crippen molar-refractivity contribution in [1.82, 2.24) is 0 Å². The van der Waals surface area contributed by atoms with Gasteiger partial charge in [-0.05, 0) is 19.1 Å². The van der Waals surface area contributed by atoms with E-state index in [4.69, 9.17) is 4.74 Å². The maximum atomic E-state index is 4.93. The molecule has 0 fully saturated rings. The predicted molar refractivity (Wildman–Crippen MR) is 40.1 cm³/mol. The van der Waals surface area contributed by atoms with Crippen molar-refractivity contribution in [2.24, 2.45) is 0 Å². The quantitative estimate of drug-likeness (QED) is 0.414. The molecule has 0 aliphatic heterocycles. The maximum Gasteiger partial charge on any atom is 0.114 e. The molecule has 0 atom stereocenters. The molecular weight excluding hydrogens is 112 g/mol. The minimum atomic E-state index is 0.856.